The number of carbonyl (C=O) groups excluding carboxylic acids is 1. The van der Waals surface area contributed by atoms with E-state index >= 15 is 0 Å². The third kappa shape index (κ3) is 3.92. The molecule has 0 spiro atoms. The van der Waals surface area contributed by atoms with E-state index < -0.39 is 0 Å². The molecule has 3 aromatic rings. The van der Waals surface area contributed by atoms with Crippen LogP contribution in [0.3, 0.4) is 0 Å². The number of aromatic nitrogens is 2. The number of hydrogen-bond donors (Lipinski definition) is 1. The number of benzene rings is 1. The summed E-state index contributed by atoms with van der Waals surface area (Å²) in [7, 11) is 0. The molecule has 0 aliphatic carbocycles. The van der Waals surface area contributed by atoms with Gasteiger partial charge < -0.3 is 5.32 Å². The van der Waals surface area contributed by atoms with E-state index in [0.29, 0.717) is 15.1 Å². The second-order valence-corrected chi connectivity index (χ2v) is 9.63. The molecule has 0 bridgehead atoms. The second kappa shape index (κ2) is 8.55. The molecule has 1 saturated heterocycles. The Hall–Kier alpha value is -2.51. The van der Waals surface area contributed by atoms with Crippen LogP contribution in [-0.4, -0.2) is 33.4 Å². The minimum Gasteiger partial charge on any atom is -0.321 e. The number of nitrogens with one attached hydrogen (secondary N) is 1. The Morgan fingerprint density at radius 1 is 1.10 bits per heavy atom. The highest BCUT2D eigenvalue weighted by molar-refractivity contribution is 7.20. The van der Waals surface area contributed by atoms with Crippen LogP contribution in [-0.2, 0) is 19.5 Å². The molecule has 4 heterocycles. The van der Waals surface area contributed by atoms with Crippen molar-refractivity contribution in [1.82, 2.24) is 14.5 Å². The molecule has 0 atom stereocenters. The summed E-state index contributed by atoms with van der Waals surface area (Å²) in [6.07, 6.45) is 6.49. The van der Waals surface area contributed by atoms with Crippen LogP contribution in [0.4, 0.5) is 5.69 Å². The van der Waals surface area contributed by atoms with Crippen molar-refractivity contribution in [3.05, 3.63) is 56.4 Å². The summed E-state index contributed by atoms with van der Waals surface area (Å²) >= 11 is 1.34. The molecule has 1 aromatic carbocycles. The van der Waals surface area contributed by atoms with Gasteiger partial charge >= 0.3 is 0 Å². The van der Waals surface area contributed by atoms with E-state index in [9.17, 15) is 9.59 Å². The van der Waals surface area contributed by atoms with Crippen LogP contribution in [0.15, 0.2) is 29.1 Å². The van der Waals surface area contributed by atoms with Crippen molar-refractivity contribution in [3.8, 4) is 0 Å². The maximum Gasteiger partial charge on any atom is 0.266 e. The molecule has 2 aliphatic heterocycles. The predicted octanol–water partition coefficient (Wildman–Crippen LogP) is 4.34. The Morgan fingerprint density at radius 2 is 1.87 bits per heavy atom. The first-order chi connectivity index (χ1) is 15.1. The topological polar surface area (TPSA) is 67.2 Å². The van der Waals surface area contributed by atoms with Gasteiger partial charge in [0, 0.05) is 25.2 Å². The fraction of sp³-hybridized carbons (Fsp3) is 0.458. The van der Waals surface area contributed by atoms with Crippen LogP contribution < -0.4 is 10.9 Å². The van der Waals surface area contributed by atoms with E-state index in [-0.39, 0.29) is 11.5 Å². The zero-order valence-electron chi connectivity index (χ0n) is 17.9. The van der Waals surface area contributed by atoms with Gasteiger partial charge in [0.15, 0.2) is 0 Å². The highest BCUT2D eigenvalue weighted by Crippen LogP contribution is 2.30. The molecule has 0 saturated carbocycles. The molecule has 2 aliphatic rings. The van der Waals surface area contributed by atoms with Crippen molar-refractivity contribution < 1.29 is 4.79 Å². The first-order valence-electron chi connectivity index (χ1n) is 11.3. The Kier molecular flexibility index (Phi) is 5.63. The minimum absolute atomic E-state index is 0.00383. The zero-order valence-corrected chi connectivity index (χ0v) is 18.8. The van der Waals surface area contributed by atoms with Crippen molar-refractivity contribution in [1.29, 1.82) is 0 Å². The van der Waals surface area contributed by atoms with Crippen molar-refractivity contribution in [3.63, 3.8) is 0 Å². The molecule has 5 rings (SSSR count). The average Bonchev–Trinajstić information content (AvgIpc) is 3.31. The lowest BCUT2D eigenvalue weighted by Crippen LogP contribution is -2.24. The van der Waals surface area contributed by atoms with E-state index in [0.717, 1.165) is 74.5 Å². The van der Waals surface area contributed by atoms with Gasteiger partial charge in [0.05, 0.1) is 10.3 Å². The molecular weight excluding hydrogens is 408 g/mol. The number of aryl methyl sites for hydroxylation is 2. The Bertz CT molecular complexity index is 1190. The van der Waals surface area contributed by atoms with Gasteiger partial charge in [-0.2, -0.15) is 0 Å². The molecule has 31 heavy (non-hydrogen) atoms. The second-order valence-electron chi connectivity index (χ2n) is 8.63. The number of anilines is 1. The molecule has 2 aromatic heterocycles. The number of fused-ring (bicyclic) bond motifs is 2. The lowest BCUT2D eigenvalue weighted by atomic mass is 10.1. The molecule has 1 amide bonds. The van der Waals surface area contributed by atoms with E-state index in [2.05, 4.69) is 16.3 Å². The standard InChI is InChI=1S/C24H28N4O2S/c1-16-20-23(26-19-11-3-2-6-14-28(19)24(20)30)31-21(16)22(29)25-18-10-5-4-9-17(18)15-27-12-7-8-13-27/h4-5,9-10H,2-3,6-8,11-15H2,1H3,(H,25,29). The van der Waals surface area contributed by atoms with Gasteiger partial charge in [-0.1, -0.05) is 24.6 Å². The largest absolute Gasteiger partial charge is 0.321 e. The smallest absolute Gasteiger partial charge is 0.266 e. The van der Waals surface area contributed by atoms with E-state index in [1.807, 2.05) is 29.7 Å². The SMILES string of the molecule is Cc1c(C(=O)Nc2ccccc2CN2CCCC2)sc2nc3n(c(=O)c12)CCCCC3. The number of hydrogen-bond acceptors (Lipinski definition) is 5. The van der Waals surface area contributed by atoms with Gasteiger partial charge in [0.2, 0.25) is 0 Å². The van der Waals surface area contributed by atoms with Crippen LogP contribution in [0, 0.1) is 6.92 Å². The van der Waals surface area contributed by atoms with Crippen LogP contribution >= 0.6 is 11.3 Å². The maximum atomic E-state index is 13.2. The fourth-order valence-electron chi connectivity index (χ4n) is 4.77. The van der Waals surface area contributed by atoms with Gasteiger partial charge in [0.1, 0.15) is 10.7 Å². The van der Waals surface area contributed by atoms with Crippen molar-refractivity contribution in [2.24, 2.45) is 0 Å². The summed E-state index contributed by atoms with van der Waals surface area (Å²) in [4.78, 5) is 34.9. The van der Waals surface area contributed by atoms with Gasteiger partial charge in [-0.15, -0.1) is 11.3 Å². The number of nitrogens with zero attached hydrogens (tertiary/aromatic N) is 3. The number of amides is 1. The number of likely N-dealkylation sites (tertiary alicyclic amines) is 1. The number of carbonyl (C=O) groups is 1. The van der Waals surface area contributed by atoms with E-state index in [1.54, 1.807) is 0 Å². The summed E-state index contributed by atoms with van der Waals surface area (Å²) in [6.45, 7) is 5.65. The number of thiophene rings is 1. The van der Waals surface area contributed by atoms with Crippen molar-refractivity contribution >= 4 is 33.1 Å². The van der Waals surface area contributed by atoms with Crippen LogP contribution in [0.2, 0.25) is 0 Å². The molecule has 1 N–H and O–H groups in total. The maximum absolute atomic E-state index is 13.2. The predicted molar refractivity (Wildman–Crippen MR) is 125 cm³/mol. The van der Waals surface area contributed by atoms with Crippen molar-refractivity contribution in [2.45, 2.75) is 58.5 Å². The molecular formula is C24H28N4O2S. The van der Waals surface area contributed by atoms with Gasteiger partial charge in [-0.05, 0) is 62.9 Å². The van der Waals surface area contributed by atoms with Crippen LogP contribution in [0.25, 0.3) is 10.2 Å². The first kappa shape index (κ1) is 20.4. The van der Waals surface area contributed by atoms with E-state index in [1.165, 1.54) is 24.2 Å². The lowest BCUT2D eigenvalue weighted by molar-refractivity contribution is 0.103. The monoisotopic (exact) mass is 436 g/mol. The summed E-state index contributed by atoms with van der Waals surface area (Å²) in [6, 6.07) is 8.01. The van der Waals surface area contributed by atoms with Crippen LogP contribution in [0.1, 0.15) is 58.7 Å². The summed E-state index contributed by atoms with van der Waals surface area (Å²) < 4.78 is 1.82. The number of rotatable bonds is 4. The first-order valence-corrected chi connectivity index (χ1v) is 12.1. The molecule has 6 nitrogen and oxygen atoms in total. The molecule has 162 valence electrons. The minimum atomic E-state index is -0.158. The van der Waals surface area contributed by atoms with Gasteiger partial charge in [-0.3, -0.25) is 19.1 Å². The van der Waals surface area contributed by atoms with Gasteiger partial charge in [-0.25, -0.2) is 4.98 Å². The Labute approximate surface area is 185 Å². The van der Waals surface area contributed by atoms with Crippen LogP contribution in [0.5, 0.6) is 0 Å². The zero-order chi connectivity index (χ0) is 21.4. The number of para-hydroxylation sites is 1. The molecule has 0 unspecified atom stereocenters. The lowest BCUT2D eigenvalue weighted by Gasteiger charge is -2.17. The molecule has 1 fully saturated rings. The third-order valence-electron chi connectivity index (χ3n) is 6.48. The Balaban J connectivity index is 1.46. The van der Waals surface area contributed by atoms with Crippen molar-refractivity contribution in [2.75, 3.05) is 18.4 Å². The fourth-order valence-corrected chi connectivity index (χ4v) is 5.85. The molecule has 7 heteroatoms. The average molecular weight is 437 g/mol. The highest BCUT2D eigenvalue weighted by Gasteiger charge is 2.23. The summed E-state index contributed by atoms with van der Waals surface area (Å²) in [5.41, 5.74) is 2.72. The normalized spacial score (nSPS) is 16.9. The quantitative estimate of drug-likeness (QED) is 0.661. The summed E-state index contributed by atoms with van der Waals surface area (Å²) in [5, 5.41) is 3.71. The molecule has 0 radical (unpaired) electrons. The highest BCUT2D eigenvalue weighted by atomic mass is 32.1. The van der Waals surface area contributed by atoms with Gasteiger partial charge in [0.25, 0.3) is 11.5 Å². The summed E-state index contributed by atoms with van der Waals surface area (Å²) in [5.74, 6) is 0.702. The van der Waals surface area contributed by atoms with E-state index in [4.69, 9.17) is 4.98 Å². The Morgan fingerprint density at radius 3 is 2.71 bits per heavy atom. The third-order valence-corrected chi connectivity index (χ3v) is 7.66.